The van der Waals surface area contributed by atoms with Gasteiger partial charge in [0, 0.05) is 18.7 Å². The van der Waals surface area contributed by atoms with Crippen molar-refractivity contribution < 1.29 is 14.3 Å². The van der Waals surface area contributed by atoms with Crippen LogP contribution in [-0.4, -0.2) is 42.5 Å². The molecule has 1 N–H and O–H groups in total. The lowest BCUT2D eigenvalue weighted by Crippen LogP contribution is -2.44. The van der Waals surface area contributed by atoms with E-state index in [-0.39, 0.29) is 31.0 Å². The fraction of sp³-hybridized carbons (Fsp3) is 0.467. The monoisotopic (exact) mass is 346 g/mol. The number of carbonyl (C=O) groups excluding carboxylic acids is 2. The Morgan fingerprint density at radius 3 is 2.50 bits per heavy atom. The number of hydrogen-bond donors (Lipinski definition) is 1. The van der Waals surface area contributed by atoms with Crippen LogP contribution >= 0.6 is 23.2 Å². The third-order valence-electron chi connectivity index (χ3n) is 2.77. The average molecular weight is 347 g/mol. The third-order valence-corrected chi connectivity index (χ3v) is 3.51. The Morgan fingerprint density at radius 2 is 1.95 bits per heavy atom. The molecule has 7 heteroatoms. The van der Waals surface area contributed by atoms with Gasteiger partial charge in [-0.25, -0.2) is 0 Å². The normalized spacial score (nSPS) is 10.5. The maximum Gasteiger partial charge on any atom is 0.260 e. The van der Waals surface area contributed by atoms with Gasteiger partial charge in [0.1, 0.15) is 5.75 Å². The molecule has 1 aromatic rings. The number of benzene rings is 1. The van der Waals surface area contributed by atoms with Gasteiger partial charge in [-0.1, -0.05) is 23.2 Å². The summed E-state index contributed by atoms with van der Waals surface area (Å²) in [5, 5.41) is 3.52. The first-order chi connectivity index (χ1) is 10.3. The van der Waals surface area contributed by atoms with Gasteiger partial charge in [-0.05, 0) is 32.9 Å². The molecule has 0 aliphatic heterocycles. The predicted octanol–water partition coefficient (Wildman–Crippen LogP) is 2.75. The fourth-order valence-corrected chi connectivity index (χ4v) is 2.01. The van der Waals surface area contributed by atoms with Crippen molar-refractivity contribution in [2.45, 2.75) is 26.8 Å². The van der Waals surface area contributed by atoms with Crippen molar-refractivity contribution >= 4 is 35.0 Å². The molecule has 1 aromatic carbocycles. The van der Waals surface area contributed by atoms with Crippen LogP contribution in [0.4, 0.5) is 0 Å². The van der Waals surface area contributed by atoms with Crippen molar-refractivity contribution in [1.82, 2.24) is 10.2 Å². The second-order valence-corrected chi connectivity index (χ2v) is 5.81. The quantitative estimate of drug-likeness (QED) is 0.825. The van der Waals surface area contributed by atoms with Crippen molar-refractivity contribution in [3.05, 3.63) is 28.2 Å². The number of likely N-dealkylation sites (N-methyl/N-ethyl adjacent to an activating group) is 1. The molecule has 2 amide bonds. The molecule has 0 bridgehead atoms. The summed E-state index contributed by atoms with van der Waals surface area (Å²) < 4.78 is 5.38. The van der Waals surface area contributed by atoms with Crippen LogP contribution in [0.5, 0.6) is 5.75 Å². The number of rotatable bonds is 7. The van der Waals surface area contributed by atoms with Crippen LogP contribution in [0.1, 0.15) is 20.8 Å². The van der Waals surface area contributed by atoms with Crippen molar-refractivity contribution in [2.24, 2.45) is 0 Å². The largest absolute Gasteiger partial charge is 0.484 e. The molecule has 0 unspecified atom stereocenters. The van der Waals surface area contributed by atoms with Crippen molar-refractivity contribution in [3.8, 4) is 5.75 Å². The lowest BCUT2D eigenvalue weighted by atomic mass is 10.3. The predicted molar refractivity (Wildman–Crippen MR) is 87.5 cm³/mol. The zero-order chi connectivity index (χ0) is 16.7. The zero-order valence-electron chi connectivity index (χ0n) is 12.9. The summed E-state index contributed by atoms with van der Waals surface area (Å²) in [4.78, 5) is 25.2. The molecular formula is C15H20Cl2N2O3. The molecule has 0 atom stereocenters. The SMILES string of the molecule is CCN(CC(=O)NC(C)C)C(=O)COc1ccc(Cl)c(Cl)c1. The Kier molecular flexibility index (Phi) is 7.48. The standard InChI is InChI=1S/C15H20Cl2N2O3/c1-4-19(8-14(20)18-10(2)3)15(21)9-22-11-5-6-12(16)13(17)7-11/h5-7,10H,4,8-9H2,1-3H3,(H,18,20). The summed E-state index contributed by atoms with van der Waals surface area (Å²) in [5.74, 6) is -0.0161. The van der Waals surface area contributed by atoms with Crippen LogP contribution in [0.15, 0.2) is 18.2 Å². The maximum atomic E-state index is 12.1. The van der Waals surface area contributed by atoms with Crippen molar-refractivity contribution in [3.63, 3.8) is 0 Å². The van der Waals surface area contributed by atoms with Gasteiger partial charge in [0.05, 0.1) is 16.6 Å². The van der Waals surface area contributed by atoms with E-state index in [0.717, 1.165) is 0 Å². The highest BCUT2D eigenvalue weighted by Gasteiger charge is 2.16. The van der Waals surface area contributed by atoms with E-state index in [1.807, 2.05) is 13.8 Å². The second kappa shape index (κ2) is 8.86. The molecule has 0 heterocycles. The molecule has 0 spiro atoms. The van der Waals surface area contributed by atoms with Crippen molar-refractivity contribution in [1.29, 1.82) is 0 Å². The first-order valence-corrected chi connectivity index (χ1v) is 7.74. The smallest absolute Gasteiger partial charge is 0.260 e. The van der Waals surface area contributed by atoms with Crippen molar-refractivity contribution in [2.75, 3.05) is 19.7 Å². The number of carbonyl (C=O) groups is 2. The molecule has 22 heavy (non-hydrogen) atoms. The average Bonchev–Trinajstić information content (AvgIpc) is 2.44. The lowest BCUT2D eigenvalue weighted by Gasteiger charge is -2.21. The Hall–Kier alpha value is -1.46. The number of nitrogens with one attached hydrogen (secondary N) is 1. The summed E-state index contributed by atoms with van der Waals surface area (Å²) >= 11 is 11.7. The molecule has 0 saturated carbocycles. The first-order valence-electron chi connectivity index (χ1n) is 6.98. The van der Waals surface area contributed by atoms with E-state index < -0.39 is 0 Å². The summed E-state index contributed by atoms with van der Waals surface area (Å²) in [6, 6.07) is 4.80. The van der Waals surface area contributed by atoms with Crippen LogP contribution < -0.4 is 10.1 Å². The molecule has 0 fully saturated rings. The Labute approximate surface area is 140 Å². The highest BCUT2D eigenvalue weighted by atomic mass is 35.5. The second-order valence-electron chi connectivity index (χ2n) is 4.99. The third kappa shape index (κ3) is 6.12. The van der Waals surface area contributed by atoms with Gasteiger partial charge >= 0.3 is 0 Å². The number of halogens is 2. The van der Waals surface area contributed by atoms with E-state index in [1.54, 1.807) is 25.1 Å². The highest BCUT2D eigenvalue weighted by Crippen LogP contribution is 2.26. The molecular weight excluding hydrogens is 327 g/mol. The van der Waals surface area contributed by atoms with Gasteiger partial charge < -0.3 is 15.0 Å². The van der Waals surface area contributed by atoms with Gasteiger partial charge in [-0.2, -0.15) is 0 Å². The Bertz CT molecular complexity index is 536. The first kappa shape index (κ1) is 18.6. The summed E-state index contributed by atoms with van der Waals surface area (Å²) in [7, 11) is 0. The summed E-state index contributed by atoms with van der Waals surface area (Å²) in [6.07, 6.45) is 0. The van der Waals surface area contributed by atoms with Gasteiger partial charge in [-0.15, -0.1) is 0 Å². The lowest BCUT2D eigenvalue weighted by molar-refractivity contribution is -0.137. The maximum absolute atomic E-state index is 12.1. The molecule has 0 saturated heterocycles. The van der Waals surface area contributed by atoms with Crippen LogP contribution in [-0.2, 0) is 9.59 Å². The van der Waals surface area contributed by atoms with E-state index in [2.05, 4.69) is 5.32 Å². The van der Waals surface area contributed by atoms with Crippen LogP contribution in [0.3, 0.4) is 0 Å². The van der Waals surface area contributed by atoms with Crippen LogP contribution in [0.2, 0.25) is 10.0 Å². The minimum atomic E-state index is -0.271. The topological polar surface area (TPSA) is 58.6 Å². The van der Waals surface area contributed by atoms with Crippen LogP contribution in [0, 0.1) is 0 Å². The van der Waals surface area contributed by atoms with E-state index in [1.165, 1.54) is 4.90 Å². The Balaban J connectivity index is 2.54. The molecule has 122 valence electrons. The van der Waals surface area contributed by atoms with E-state index in [9.17, 15) is 9.59 Å². The van der Waals surface area contributed by atoms with Gasteiger partial charge in [-0.3, -0.25) is 9.59 Å². The molecule has 0 aliphatic carbocycles. The molecule has 0 aliphatic rings. The van der Waals surface area contributed by atoms with E-state index in [4.69, 9.17) is 27.9 Å². The number of ether oxygens (including phenoxy) is 1. The van der Waals surface area contributed by atoms with Gasteiger partial charge in [0.2, 0.25) is 5.91 Å². The molecule has 5 nitrogen and oxygen atoms in total. The number of amides is 2. The number of nitrogens with zero attached hydrogens (tertiary/aromatic N) is 1. The Morgan fingerprint density at radius 1 is 1.27 bits per heavy atom. The fourth-order valence-electron chi connectivity index (χ4n) is 1.72. The summed E-state index contributed by atoms with van der Waals surface area (Å²) in [6.45, 7) is 5.81. The minimum Gasteiger partial charge on any atom is -0.484 e. The highest BCUT2D eigenvalue weighted by molar-refractivity contribution is 6.42. The van der Waals surface area contributed by atoms with E-state index in [0.29, 0.717) is 22.3 Å². The number of hydrogen-bond acceptors (Lipinski definition) is 3. The minimum absolute atomic E-state index is 0.0122. The van der Waals surface area contributed by atoms with E-state index >= 15 is 0 Å². The molecule has 1 rings (SSSR count). The van der Waals surface area contributed by atoms with Gasteiger partial charge in [0.15, 0.2) is 6.61 Å². The summed E-state index contributed by atoms with van der Waals surface area (Å²) in [5.41, 5.74) is 0. The van der Waals surface area contributed by atoms with Gasteiger partial charge in [0.25, 0.3) is 5.91 Å². The molecule has 0 aromatic heterocycles. The van der Waals surface area contributed by atoms with Crippen LogP contribution in [0.25, 0.3) is 0 Å². The zero-order valence-corrected chi connectivity index (χ0v) is 14.4. The molecule has 0 radical (unpaired) electrons.